The number of rotatable bonds is 7. The fraction of sp³-hybridized carbons (Fsp3) is 0.400. The molecule has 1 saturated heterocycles. The van der Waals surface area contributed by atoms with Crippen LogP contribution in [0.5, 0.6) is 5.75 Å². The van der Waals surface area contributed by atoms with E-state index in [2.05, 4.69) is 42.6 Å². The molecule has 1 atom stereocenters. The van der Waals surface area contributed by atoms with E-state index in [9.17, 15) is 5.11 Å². The Labute approximate surface area is 143 Å². The maximum Gasteiger partial charge on any atom is 0.126 e. The van der Waals surface area contributed by atoms with Gasteiger partial charge in [0.1, 0.15) is 5.75 Å². The average Bonchev–Trinajstić information content (AvgIpc) is 2.61. The molecule has 0 amide bonds. The van der Waals surface area contributed by atoms with Crippen molar-refractivity contribution in [3.63, 3.8) is 0 Å². The standard InChI is InChI=1S/C20H25NO3/c1-15(21-11-20(12-22)13-24-14-20)16-7-9-17(10-8-16)18-5-3-4-6-19(18)23-2/h3-10,15,21-22H,11-14H2,1-2H3. The van der Waals surface area contributed by atoms with Gasteiger partial charge in [0.25, 0.3) is 0 Å². The summed E-state index contributed by atoms with van der Waals surface area (Å²) in [5.41, 5.74) is 3.36. The molecule has 1 heterocycles. The van der Waals surface area contributed by atoms with Gasteiger partial charge in [0, 0.05) is 18.2 Å². The van der Waals surface area contributed by atoms with Crippen molar-refractivity contribution >= 4 is 0 Å². The molecule has 0 bridgehead atoms. The first-order valence-corrected chi connectivity index (χ1v) is 8.33. The third kappa shape index (κ3) is 3.46. The zero-order valence-electron chi connectivity index (χ0n) is 14.3. The van der Waals surface area contributed by atoms with Gasteiger partial charge in [-0.3, -0.25) is 0 Å². The van der Waals surface area contributed by atoms with E-state index in [4.69, 9.17) is 9.47 Å². The summed E-state index contributed by atoms with van der Waals surface area (Å²) in [6.07, 6.45) is 0. The first-order chi connectivity index (χ1) is 11.7. The van der Waals surface area contributed by atoms with Crippen LogP contribution < -0.4 is 10.1 Å². The monoisotopic (exact) mass is 327 g/mol. The van der Waals surface area contributed by atoms with Crippen LogP contribution in [0, 0.1) is 5.41 Å². The number of hydrogen-bond acceptors (Lipinski definition) is 4. The van der Waals surface area contributed by atoms with Gasteiger partial charge in [-0.25, -0.2) is 0 Å². The Balaban J connectivity index is 1.67. The Morgan fingerprint density at radius 3 is 2.46 bits per heavy atom. The van der Waals surface area contributed by atoms with E-state index in [0.717, 1.165) is 23.4 Å². The molecule has 0 aromatic heterocycles. The van der Waals surface area contributed by atoms with Crippen molar-refractivity contribution in [1.29, 1.82) is 0 Å². The minimum Gasteiger partial charge on any atom is -0.496 e. The zero-order valence-corrected chi connectivity index (χ0v) is 14.3. The summed E-state index contributed by atoms with van der Waals surface area (Å²) < 4.78 is 10.7. The van der Waals surface area contributed by atoms with Gasteiger partial charge in [-0.15, -0.1) is 0 Å². The highest BCUT2D eigenvalue weighted by Gasteiger charge is 2.37. The van der Waals surface area contributed by atoms with E-state index in [1.165, 1.54) is 5.56 Å². The highest BCUT2D eigenvalue weighted by molar-refractivity contribution is 5.70. The molecule has 1 unspecified atom stereocenters. The van der Waals surface area contributed by atoms with Crippen LogP contribution in [0.3, 0.4) is 0 Å². The fourth-order valence-corrected chi connectivity index (χ4v) is 2.96. The topological polar surface area (TPSA) is 50.7 Å². The largest absolute Gasteiger partial charge is 0.496 e. The second kappa shape index (κ2) is 7.34. The van der Waals surface area contributed by atoms with Gasteiger partial charge in [-0.2, -0.15) is 0 Å². The molecule has 0 aliphatic carbocycles. The number of ether oxygens (including phenoxy) is 2. The quantitative estimate of drug-likeness (QED) is 0.821. The Bertz CT molecular complexity index is 659. The molecule has 128 valence electrons. The van der Waals surface area contributed by atoms with E-state index in [-0.39, 0.29) is 18.1 Å². The number of benzene rings is 2. The van der Waals surface area contributed by atoms with Crippen LogP contribution in [0.4, 0.5) is 0 Å². The van der Waals surface area contributed by atoms with Crippen molar-refractivity contribution in [3.8, 4) is 16.9 Å². The lowest BCUT2D eigenvalue weighted by Crippen LogP contribution is -2.52. The third-order valence-electron chi connectivity index (χ3n) is 4.76. The number of nitrogens with one attached hydrogen (secondary N) is 1. The summed E-state index contributed by atoms with van der Waals surface area (Å²) in [5.74, 6) is 0.881. The molecule has 24 heavy (non-hydrogen) atoms. The molecule has 4 heteroatoms. The Morgan fingerprint density at radius 1 is 1.17 bits per heavy atom. The zero-order chi connectivity index (χ0) is 17.0. The molecule has 2 aromatic carbocycles. The van der Waals surface area contributed by atoms with Crippen molar-refractivity contribution in [2.45, 2.75) is 13.0 Å². The molecular weight excluding hydrogens is 302 g/mol. The van der Waals surface area contributed by atoms with Gasteiger partial charge in [-0.05, 0) is 24.1 Å². The molecule has 2 N–H and O–H groups in total. The van der Waals surface area contributed by atoms with Crippen molar-refractivity contribution in [1.82, 2.24) is 5.32 Å². The molecule has 1 fully saturated rings. The second-order valence-corrected chi connectivity index (χ2v) is 6.58. The van der Waals surface area contributed by atoms with Crippen LogP contribution in [-0.2, 0) is 4.74 Å². The van der Waals surface area contributed by atoms with Crippen LogP contribution >= 0.6 is 0 Å². The average molecular weight is 327 g/mol. The molecular formula is C20H25NO3. The lowest BCUT2D eigenvalue weighted by Gasteiger charge is -2.40. The predicted molar refractivity (Wildman–Crippen MR) is 95.2 cm³/mol. The molecule has 1 aliphatic heterocycles. The molecule has 4 nitrogen and oxygen atoms in total. The first kappa shape index (κ1) is 17.0. The van der Waals surface area contributed by atoms with Gasteiger partial charge in [0.2, 0.25) is 0 Å². The summed E-state index contributed by atoms with van der Waals surface area (Å²) in [4.78, 5) is 0. The first-order valence-electron chi connectivity index (χ1n) is 8.33. The SMILES string of the molecule is COc1ccccc1-c1ccc(C(C)NCC2(CO)COC2)cc1. The summed E-state index contributed by atoms with van der Waals surface area (Å²) in [6.45, 7) is 4.34. The van der Waals surface area contributed by atoms with Gasteiger partial charge >= 0.3 is 0 Å². The molecule has 0 saturated carbocycles. The Hall–Kier alpha value is -1.88. The number of para-hydroxylation sites is 1. The van der Waals surface area contributed by atoms with Crippen LogP contribution in [0.15, 0.2) is 48.5 Å². The van der Waals surface area contributed by atoms with E-state index in [0.29, 0.717) is 13.2 Å². The van der Waals surface area contributed by atoms with Gasteiger partial charge in [0.15, 0.2) is 0 Å². The van der Waals surface area contributed by atoms with Crippen molar-refractivity contribution in [3.05, 3.63) is 54.1 Å². The van der Waals surface area contributed by atoms with Crippen LogP contribution in [0.25, 0.3) is 11.1 Å². The number of methoxy groups -OCH3 is 1. The highest BCUT2D eigenvalue weighted by Crippen LogP contribution is 2.31. The highest BCUT2D eigenvalue weighted by atomic mass is 16.5. The van der Waals surface area contributed by atoms with E-state index in [1.54, 1.807) is 7.11 Å². The van der Waals surface area contributed by atoms with Crippen molar-refractivity contribution in [2.75, 3.05) is 33.5 Å². The normalized spacial score (nSPS) is 17.1. The fourth-order valence-electron chi connectivity index (χ4n) is 2.96. The van der Waals surface area contributed by atoms with Gasteiger partial charge < -0.3 is 19.9 Å². The number of hydrogen-bond donors (Lipinski definition) is 2. The van der Waals surface area contributed by atoms with E-state index < -0.39 is 0 Å². The predicted octanol–water partition coefficient (Wildman–Crippen LogP) is 3.02. The minimum atomic E-state index is -0.106. The van der Waals surface area contributed by atoms with Crippen LogP contribution in [0.2, 0.25) is 0 Å². The summed E-state index contributed by atoms with van der Waals surface area (Å²) in [6, 6.07) is 16.8. The number of aliphatic hydroxyl groups is 1. The second-order valence-electron chi connectivity index (χ2n) is 6.58. The molecule has 0 radical (unpaired) electrons. The summed E-state index contributed by atoms with van der Waals surface area (Å²) in [7, 11) is 1.69. The van der Waals surface area contributed by atoms with Crippen LogP contribution in [0.1, 0.15) is 18.5 Å². The number of aliphatic hydroxyl groups excluding tert-OH is 1. The maximum absolute atomic E-state index is 9.50. The Morgan fingerprint density at radius 2 is 1.88 bits per heavy atom. The van der Waals surface area contributed by atoms with E-state index in [1.807, 2.05) is 18.2 Å². The smallest absolute Gasteiger partial charge is 0.126 e. The van der Waals surface area contributed by atoms with Crippen LogP contribution in [-0.4, -0.2) is 38.6 Å². The van der Waals surface area contributed by atoms with Gasteiger partial charge in [0.05, 0.1) is 32.3 Å². The summed E-state index contributed by atoms with van der Waals surface area (Å²) >= 11 is 0. The van der Waals surface area contributed by atoms with Gasteiger partial charge in [-0.1, -0.05) is 42.5 Å². The molecule has 2 aromatic rings. The summed E-state index contributed by atoms with van der Waals surface area (Å²) in [5, 5.41) is 13.0. The van der Waals surface area contributed by atoms with E-state index >= 15 is 0 Å². The lowest BCUT2D eigenvalue weighted by molar-refractivity contribution is -0.135. The Kier molecular flexibility index (Phi) is 5.19. The maximum atomic E-state index is 9.50. The minimum absolute atomic E-state index is 0.106. The third-order valence-corrected chi connectivity index (χ3v) is 4.76. The lowest BCUT2D eigenvalue weighted by atomic mass is 9.86. The van der Waals surface area contributed by atoms with Crippen molar-refractivity contribution < 1.29 is 14.6 Å². The molecule has 1 aliphatic rings. The van der Waals surface area contributed by atoms with Crippen molar-refractivity contribution in [2.24, 2.45) is 5.41 Å². The molecule has 3 rings (SSSR count). The molecule has 0 spiro atoms.